The number of rotatable bonds is 4. The molecular formula is C13H26N4O2. The summed E-state index contributed by atoms with van der Waals surface area (Å²) in [7, 11) is 3.68. The Morgan fingerprint density at radius 1 is 1.32 bits per heavy atom. The Balaban J connectivity index is 1.92. The highest BCUT2D eigenvalue weighted by Crippen LogP contribution is 2.21. The first-order valence-electron chi connectivity index (χ1n) is 7.13. The smallest absolute Gasteiger partial charge is 0.190 e. The van der Waals surface area contributed by atoms with Crippen molar-refractivity contribution < 1.29 is 9.47 Å². The lowest BCUT2D eigenvalue weighted by molar-refractivity contribution is 0.00247. The first-order valence-corrected chi connectivity index (χ1v) is 7.13. The lowest BCUT2D eigenvalue weighted by Crippen LogP contribution is -2.53. The molecule has 2 N–H and O–H groups in total. The van der Waals surface area contributed by atoms with Crippen molar-refractivity contribution >= 4 is 5.96 Å². The van der Waals surface area contributed by atoms with Crippen LogP contribution in [0.4, 0.5) is 0 Å². The SMILES string of the molecule is CN=C(NC)NCC(C1CCOC1)N1CCOCC1. The van der Waals surface area contributed by atoms with E-state index in [0.29, 0.717) is 12.0 Å². The van der Waals surface area contributed by atoms with Crippen LogP contribution >= 0.6 is 0 Å². The average Bonchev–Trinajstić information content (AvgIpc) is 2.99. The largest absolute Gasteiger partial charge is 0.381 e. The van der Waals surface area contributed by atoms with Crippen LogP contribution < -0.4 is 10.6 Å². The van der Waals surface area contributed by atoms with E-state index in [-0.39, 0.29) is 0 Å². The molecule has 2 rings (SSSR count). The molecule has 110 valence electrons. The molecule has 0 aromatic rings. The Bertz CT molecular complexity index is 286. The van der Waals surface area contributed by atoms with E-state index in [9.17, 15) is 0 Å². The average molecular weight is 270 g/mol. The number of guanidine groups is 1. The van der Waals surface area contributed by atoms with E-state index in [4.69, 9.17) is 9.47 Å². The maximum atomic E-state index is 5.56. The van der Waals surface area contributed by atoms with Gasteiger partial charge in [-0.3, -0.25) is 9.89 Å². The molecule has 0 aromatic carbocycles. The molecule has 19 heavy (non-hydrogen) atoms. The second-order valence-corrected chi connectivity index (χ2v) is 5.04. The van der Waals surface area contributed by atoms with E-state index in [1.807, 2.05) is 7.05 Å². The van der Waals surface area contributed by atoms with Gasteiger partial charge in [0.05, 0.1) is 19.8 Å². The molecule has 0 spiro atoms. The number of ether oxygens (including phenoxy) is 2. The van der Waals surface area contributed by atoms with Crippen molar-refractivity contribution in [3.63, 3.8) is 0 Å². The van der Waals surface area contributed by atoms with Gasteiger partial charge in [0.2, 0.25) is 0 Å². The predicted molar refractivity (Wildman–Crippen MR) is 75.5 cm³/mol. The fraction of sp³-hybridized carbons (Fsp3) is 0.923. The molecule has 0 saturated carbocycles. The molecule has 2 atom stereocenters. The minimum atomic E-state index is 0.497. The van der Waals surface area contributed by atoms with Crippen LogP contribution in [0.1, 0.15) is 6.42 Å². The highest BCUT2D eigenvalue weighted by Gasteiger charge is 2.31. The van der Waals surface area contributed by atoms with Crippen molar-refractivity contribution in [2.45, 2.75) is 12.5 Å². The second-order valence-electron chi connectivity index (χ2n) is 5.04. The molecule has 2 saturated heterocycles. The number of nitrogens with zero attached hydrogens (tertiary/aromatic N) is 2. The normalized spacial score (nSPS) is 27.3. The maximum Gasteiger partial charge on any atom is 0.190 e. The van der Waals surface area contributed by atoms with Gasteiger partial charge >= 0.3 is 0 Å². The van der Waals surface area contributed by atoms with E-state index in [0.717, 1.165) is 58.4 Å². The Morgan fingerprint density at radius 2 is 2.11 bits per heavy atom. The highest BCUT2D eigenvalue weighted by molar-refractivity contribution is 5.79. The van der Waals surface area contributed by atoms with E-state index < -0.39 is 0 Å². The van der Waals surface area contributed by atoms with Crippen LogP contribution in [-0.2, 0) is 9.47 Å². The van der Waals surface area contributed by atoms with E-state index in [2.05, 4.69) is 20.5 Å². The number of morpholine rings is 1. The van der Waals surface area contributed by atoms with Crippen LogP contribution in [-0.4, -0.2) is 77.1 Å². The summed E-state index contributed by atoms with van der Waals surface area (Å²) < 4.78 is 11.0. The van der Waals surface area contributed by atoms with Crippen LogP contribution in [0, 0.1) is 5.92 Å². The summed E-state index contributed by atoms with van der Waals surface area (Å²) in [6.45, 7) is 6.38. The molecule has 0 amide bonds. The standard InChI is InChI=1S/C13H26N4O2/c1-14-13(15-2)16-9-12(11-3-6-19-10-11)17-4-7-18-8-5-17/h11-12H,3-10H2,1-2H3,(H2,14,15,16). The highest BCUT2D eigenvalue weighted by atomic mass is 16.5. The van der Waals surface area contributed by atoms with E-state index >= 15 is 0 Å². The Hall–Kier alpha value is -0.850. The molecule has 0 bridgehead atoms. The molecule has 2 unspecified atom stereocenters. The monoisotopic (exact) mass is 270 g/mol. The molecule has 6 heteroatoms. The maximum absolute atomic E-state index is 5.56. The van der Waals surface area contributed by atoms with Gasteiger partial charge in [0, 0.05) is 52.3 Å². The van der Waals surface area contributed by atoms with Crippen molar-refractivity contribution in [1.29, 1.82) is 0 Å². The Morgan fingerprint density at radius 3 is 2.68 bits per heavy atom. The van der Waals surface area contributed by atoms with Gasteiger partial charge < -0.3 is 20.1 Å². The number of aliphatic imine (C=N–C) groups is 1. The van der Waals surface area contributed by atoms with Gasteiger partial charge in [0.15, 0.2) is 5.96 Å². The lowest BCUT2D eigenvalue weighted by atomic mass is 9.97. The third-order valence-corrected chi connectivity index (χ3v) is 3.96. The fourth-order valence-electron chi connectivity index (χ4n) is 2.84. The third-order valence-electron chi connectivity index (χ3n) is 3.96. The summed E-state index contributed by atoms with van der Waals surface area (Å²) in [6.07, 6.45) is 1.15. The summed E-state index contributed by atoms with van der Waals surface area (Å²) in [4.78, 5) is 6.70. The van der Waals surface area contributed by atoms with E-state index in [1.165, 1.54) is 0 Å². The molecule has 2 aliphatic heterocycles. The van der Waals surface area contributed by atoms with Crippen molar-refractivity contribution in [2.24, 2.45) is 10.9 Å². The van der Waals surface area contributed by atoms with Gasteiger partial charge in [-0.25, -0.2) is 0 Å². The molecule has 2 fully saturated rings. The van der Waals surface area contributed by atoms with Crippen LogP contribution in [0.25, 0.3) is 0 Å². The first kappa shape index (κ1) is 14.6. The minimum Gasteiger partial charge on any atom is -0.381 e. The predicted octanol–water partition coefficient (Wildman–Crippen LogP) is -0.481. The quantitative estimate of drug-likeness (QED) is 0.534. The lowest BCUT2D eigenvalue weighted by Gasteiger charge is -2.37. The van der Waals surface area contributed by atoms with Crippen molar-refractivity contribution in [1.82, 2.24) is 15.5 Å². The zero-order chi connectivity index (χ0) is 13.5. The zero-order valence-electron chi connectivity index (χ0n) is 12.0. The molecule has 6 nitrogen and oxygen atoms in total. The van der Waals surface area contributed by atoms with Gasteiger partial charge in [0.1, 0.15) is 0 Å². The van der Waals surface area contributed by atoms with Crippen LogP contribution in [0.5, 0.6) is 0 Å². The fourth-order valence-corrected chi connectivity index (χ4v) is 2.84. The van der Waals surface area contributed by atoms with Crippen LogP contribution in [0.3, 0.4) is 0 Å². The second kappa shape index (κ2) is 7.67. The number of nitrogens with one attached hydrogen (secondary N) is 2. The molecule has 0 radical (unpaired) electrons. The molecule has 0 aromatic heterocycles. The van der Waals surface area contributed by atoms with Gasteiger partial charge in [0.25, 0.3) is 0 Å². The van der Waals surface area contributed by atoms with Gasteiger partial charge in [-0.1, -0.05) is 0 Å². The third kappa shape index (κ3) is 4.06. The summed E-state index contributed by atoms with van der Waals surface area (Å²) in [5.41, 5.74) is 0. The molecular weight excluding hydrogens is 244 g/mol. The van der Waals surface area contributed by atoms with Crippen molar-refractivity contribution in [2.75, 3.05) is 60.2 Å². The summed E-state index contributed by atoms with van der Waals surface area (Å²) in [6, 6.07) is 0.497. The summed E-state index contributed by atoms with van der Waals surface area (Å²) in [5.74, 6) is 1.46. The van der Waals surface area contributed by atoms with Crippen molar-refractivity contribution in [3.8, 4) is 0 Å². The molecule has 2 aliphatic rings. The minimum absolute atomic E-state index is 0.497. The molecule has 0 aliphatic carbocycles. The Kier molecular flexibility index (Phi) is 5.88. The summed E-state index contributed by atoms with van der Waals surface area (Å²) in [5, 5.41) is 6.46. The number of hydrogen-bond acceptors (Lipinski definition) is 4. The van der Waals surface area contributed by atoms with Crippen LogP contribution in [0.2, 0.25) is 0 Å². The molecule has 2 heterocycles. The first-order chi connectivity index (χ1) is 9.35. The number of hydrogen-bond donors (Lipinski definition) is 2. The van der Waals surface area contributed by atoms with Crippen LogP contribution in [0.15, 0.2) is 4.99 Å². The topological polar surface area (TPSA) is 58.1 Å². The zero-order valence-corrected chi connectivity index (χ0v) is 12.0. The Labute approximate surface area is 115 Å². The summed E-state index contributed by atoms with van der Waals surface area (Å²) >= 11 is 0. The van der Waals surface area contributed by atoms with Gasteiger partial charge in [-0.2, -0.15) is 0 Å². The van der Waals surface area contributed by atoms with E-state index in [1.54, 1.807) is 7.05 Å². The van der Waals surface area contributed by atoms with Crippen molar-refractivity contribution in [3.05, 3.63) is 0 Å². The van der Waals surface area contributed by atoms with Gasteiger partial charge in [-0.15, -0.1) is 0 Å². The van der Waals surface area contributed by atoms with Gasteiger partial charge in [-0.05, 0) is 6.42 Å².